The van der Waals surface area contributed by atoms with Crippen molar-refractivity contribution in [3.05, 3.63) is 0 Å². The Hall–Kier alpha value is -0.353. The van der Waals surface area contributed by atoms with Crippen LogP contribution in [0.15, 0.2) is 0 Å². The van der Waals surface area contributed by atoms with Crippen LogP contribution in [-0.2, 0) is 14.0 Å². The molecule has 0 amide bonds. The van der Waals surface area contributed by atoms with E-state index in [0.29, 0.717) is 5.54 Å². The highest BCUT2D eigenvalue weighted by molar-refractivity contribution is 6.54. The third kappa shape index (κ3) is 1.81. The lowest BCUT2D eigenvalue weighted by Crippen LogP contribution is -2.36. The Morgan fingerprint density at radius 2 is 2.30 bits per heavy atom. The van der Waals surface area contributed by atoms with Crippen LogP contribution in [0.25, 0.3) is 0 Å². The first-order valence-corrected chi connectivity index (χ1v) is 5.74. The van der Waals surface area contributed by atoms with Gasteiger partial charge in [0.15, 0.2) is 0 Å². The third-order valence-electron chi connectivity index (χ3n) is 1.68. The molecule has 4 heteroatoms. The molecule has 58 valence electrons. The highest BCUT2D eigenvalue weighted by Gasteiger charge is 2.28. The smallest absolute Gasteiger partial charge is 0.289 e. The summed E-state index contributed by atoms with van der Waals surface area (Å²) in [7, 11) is -1.24. The van der Waals surface area contributed by atoms with Gasteiger partial charge >= 0.3 is 0 Å². The van der Waals surface area contributed by atoms with Crippen LogP contribution < -0.4 is 0 Å². The van der Waals surface area contributed by atoms with Crippen molar-refractivity contribution in [2.75, 3.05) is 13.2 Å². The Bertz CT molecular complexity index is 133. The lowest BCUT2D eigenvalue weighted by Gasteiger charge is -2.29. The molecule has 1 atom stereocenters. The second-order valence-electron chi connectivity index (χ2n) is 2.61. The average molecular weight is 160 g/mol. The van der Waals surface area contributed by atoms with E-state index in [2.05, 4.69) is 0 Å². The predicted molar refractivity (Wildman–Crippen MR) is 39.3 cm³/mol. The molecule has 0 spiro atoms. The number of carbonyl (C=O) groups excluding carboxylic acids is 1. The van der Waals surface area contributed by atoms with Crippen molar-refractivity contribution >= 4 is 15.0 Å². The molecule has 1 fully saturated rings. The van der Waals surface area contributed by atoms with E-state index in [1.807, 2.05) is 6.55 Å². The molecule has 10 heavy (non-hydrogen) atoms. The summed E-state index contributed by atoms with van der Waals surface area (Å²) in [6.45, 7) is 5.08. The van der Waals surface area contributed by atoms with Crippen molar-refractivity contribution in [3.8, 4) is 0 Å². The van der Waals surface area contributed by atoms with Gasteiger partial charge in [-0.1, -0.05) is 0 Å². The van der Waals surface area contributed by atoms with Crippen LogP contribution in [0.1, 0.15) is 6.92 Å². The van der Waals surface area contributed by atoms with Crippen molar-refractivity contribution < 1.29 is 14.0 Å². The van der Waals surface area contributed by atoms with E-state index in [0.717, 1.165) is 13.2 Å². The normalized spacial score (nSPS) is 21.4. The van der Waals surface area contributed by atoms with Crippen molar-refractivity contribution in [2.24, 2.45) is 0 Å². The Balaban J connectivity index is 2.19. The summed E-state index contributed by atoms with van der Waals surface area (Å²) in [6.07, 6.45) is 0. The minimum absolute atomic E-state index is 0.147. The van der Waals surface area contributed by atoms with Crippen LogP contribution in [0.2, 0.25) is 12.1 Å². The topological polar surface area (TPSA) is 35.5 Å². The molecule has 1 rings (SSSR count). The Kier molecular flexibility index (Phi) is 2.45. The first-order valence-electron chi connectivity index (χ1n) is 3.45. The number of rotatable bonds is 2. The maximum absolute atomic E-state index is 10.5. The molecular weight excluding hydrogens is 148 g/mol. The number of hydrogen-bond donors (Lipinski definition) is 0. The molecule has 3 nitrogen and oxygen atoms in total. The lowest BCUT2D eigenvalue weighted by atomic mass is 10.4. The summed E-state index contributed by atoms with van der Waals surface area (Å²) in [4.78, 5) is 10.5. The molecule has 0 radical (unpaired) electrons. The molecule has 0 aromatic heterocycles. The summed E-state index contributed by atoms with van der Waals surface area (Å²) >= 11 is 0. The van der Waals surface area contributed by atoms with Gasteiger partial charge in [0, 0.05) is 12.5 Å². The van der Waals surface area contributed by atoms with Crippen molar-refractivity contribution in [2.45, 2.75) is 19.0 Å². The summed E-state index contributed by atoms with van der Waals surface area (Å²) < 4.78 is 10.1. The fourth-order valence-electron chi connectivity index (χ4n) is 0.883. The van der Waals surface area contributed by atoms with Gasteiger partial charge in [-0.25, -0.2) is 0 Å². The van der Waals surface area contributed by atoms with Crippen LogP contribution in [-0.4, -0.2) is 28.2 Å². The number of ether oxygens (including phenoxy) is 1. The largest absolute Gasteiger partial charge is 0.522 e. The van der Waals surface area contributed by atoms with E-state index in [9.17, 15) is 4.79 Å². The fourth-order valence-corrected chi connectivity index (χ4v) is 2.41. The molecule has 0 saturated carbocycles. The first-order chi connectivity index (χ1) is 4.70. The first kappa shape index (κ1) is 7.75. The second kappa shape index (κ2) is 3.16. The summed E-state index contributed by atoms with van der Waals surface area (Å²) in [5, 5.41) is 0. The molecule has 1 heterocycles. The van der Waals surface area contributed by atoms with Gasteiger partial charge in [-0.05, 0) is 6.55 Å². The second-order valence-corrected chi connectivity index (χ2v) is 5.20. The van der Waals surface area contributed by atoms with Gasteiger partial charge in [0.1, 0.15) is 0 Å². The summed E-state index contributed by atoms with van der Waals surface area (Å²) in [5.41, 5.74) is 0.559. The van der Waals surface area contributed by atoms with Gasteiger partial charge in [0.2, 0.25) is 9.04 Å². The van der Waals surface area contributed by atoms with E-state index in [4.69, 9.17) is 9.16 Å². The maximum atomic E-state index is 10.5. The lowest BCUT2D eigenvalue weighted by molar-refractivity contribution is -0.132. The fraction of sp³-hybridized carbons (Fsp3) is 0.833. The van der Waals surface area contributed by atoms with Gasteiger partial charge in [-0.2, -0.15) is 0 Å². The van der Waals surface area contributed by atoms with Gasteiger partial charge in [0.05, 0.1) is 13.2 Å². The van der Waals surface area contributed by atoms with Crippen LogP contribution in [0.3, 0.4) is 0 Å². The molecule has 1 saturated heterocycles. The number of carbonyl (C=O) groups is 1. The zero-order chi connectivity index (χ0) is 7.56. The van der Waals surface area contributed by atoms with Crippen molar-refractivity contribution in [1.29, 1.82) is 0 Å². The van der Waals surface area contributed by atoms with E-state index in [1.165, 1.54) is 6.92 Å². The van der Waals surface area contributed by atoms with E-state index < -0.39 is 9.04 Å². The van der Waals surface area contributed by atoms with Crippen molar-refractivity contribution in [1.82, 2.24) is 0 Å². The standard InChI is InChI=1S/C6H12O3Si/c1-5(7)9-10(2)6-3-8-4-6/h6,10H,3-4H2,1-2H3. The molecule has 1 aliphatic heterocycles. The molecule has 0 bridgehead atoms. The van der Waals surface area contributed by atoms with Gasteiger partial charge in [0.25, 0.3) is 5.97 Å². The Morgan fingerprint density at radius 1 is 1.70 bits per heavy atom. The highest BCUT2D eigenvalue weighted by atomic mass is 28.3. The van der Waals surface area contributed by atoms with Gasteiger partial charge in [-0.3, -0.25) is 4.79 Å². The van der Waals surface area contributed by atoms with Gasteiger partial charge < -0.3 is 9.16 Å². The molecule has 1 unspecified atom stereocenters. The highest BCUT2D eigenvalue weighted by Crippen LogP contribution is 2.20. The SMILES string of the molecule is CC(=O)O[SiH](C)C1COC1. The van der Waals surface area contributed by atoms with Crippen LogP contribution in [0.5, 0.6) is 0 Å². The van der Waals surface area contributed by atoms with E-state index in [-0.39, 0.29) is 5.97 Å². The summed E-state index contributed by atoms with van der Waals surface area (Å²) in [6, 6.07) is 0. The predicted octanol–water partition coefficient (Wildman–Crippen LogP) is 0.303. The average Bonchev–Trinajstić information content (AvgIpc) is 1.55. The Morgan fingerprint density at radius 3 is 2.60 bits per heavy atom. The van der Waals surface area contributed by atoms with Crippen LogP contribution in [0, 0.1) is 0 Å². The minimum atomic E-state index is -1.24. The zero-order valence-corrected chi connectivity index (χ0v) is 7.45. The molecule has 0 aromatic carbocycles. The molecule has 0 aromatic rings. The van der Waals surface area contributed by atoms with Crippen molar-refractivity contribution in [3.63, 3.8) is 0 Å². The Labute approximate surface area is 62.0 Å². The quantitative estimate of drug-likeness (QED) is 0.545. The number of hydrogen-bond acceptors (Lipinski definition) is 3. The molecule has 0 aliphatic carbocycles. The van der Waals surface area contributed by atoms with E-state index in [1.54, 1.807) is 0 Å². The van der Waals surface area contributed by atoms with Crippen LogP contribution >= 0.6 is 0 Å². The maximum Gasteiger partial charge on any atom is 0.289 e. The summed E-state index contributed by atoms with van der Waals surface area (Å²) in [5.74, 6) is -0.147. The molecule has 1 aliphatic rings. The minimum Gasteiger partial charge on any atom is -0.522 e. The van der Waals surface area contributed by atoms with E-state index >= 15 is 0 Å². The van der Waals surface area contributed by atoms with Crippen LogP contribution in [0.4, 0.5) is 0 Å². The molecular formula is C6H12O3Si. The monoisotopic (exact) mass is 160 g/mol. The third-order valence-corrected chi connectivity index (χ3v) is 4.10. The van der Waals surface area contributed by atoms with Gasteiger partial charge in [-0.15, -0.1) is 0 Å². The zero-order valence-electron chi connectivity index (χ0n) is 6.29. The molecule has 0 N–H and O–H groups in total.